The van der Waals surface area contributed by atoms with E-state index < -0.39 is 0 Å². The molecule has 0 atom stereocenters. The standard InChI is InChI=1S/C10H9NO/c11-8-10-5-3-9(4-6-10)2-1-7-12/h1-6,12H,7H2/b2-1+. The number of aliphatic hydroxyl groups is 1. The van der Waals surface area contributed by atoms with Crippen LogP contribution >= 0.6 is 0 Å². The van der Waals surface area contributed by atoms with Crippen LogP contribution in [0.5, 0.6) is 0 Å². The molecular formula is C10H9NO. The van der Waals surface area contributed by atoms with Crippen LogP contribution in [0.2, 0.25) is 0 Å². The largest absolute Gasteiger partial charge is 0.392 e. The third-order valence-corrected chi connectivity index (χ3v) is 1.46. The fourth-order valence-corrected chi connectivity index (χ4v) is 0.858. The van der Waals surface area contributed by atoms with Crippen molar-refractivity contribution in [3.63, 3.8) is 0 Å². The molecule has 0 aliphatic carbocycles. The van der Waals surface area contributed by atoms with E-state index in [1.54, 1.807) is 24.3 Å². The first-order valence-electron chi connectivity index (χ1n) is 3.64. The summed E-state index contributed by atoms with van der Waals surface area (Å²) in [4.78, 5) is 0. The summed E-state index contributed by atoms with van der Waals surface area (Å²) >= 11 is 0. The average molecular weight is 159 g/mol. The lowest BCUT2D eigenvalue weighted by Crippen LogP contribution is -1.76. The zero-order valence-electron chi connectivity index (χ0n) is 6.57. The van der Waals surface area contributed by atoms with Gasteiger partial charge in [-0.25, -0.2) is 0 Å². The maximum Gasteiger partial charge on any atom is 0.0991 e. The zero-order chi connectivity index (χ0) is 8.81. The fraction of sp³-hybridized carbons (Fsp3) is 0.100. The zero-order valence-corrected chi connectivity index (χ0v) is 6.57. The van der Waals surface area contributed by atoms with Crippen molar-refractivity contribution in [3.05, 3.63) is 41.5 Å². The molecule has 0 bridgehead atoms. The normalized spacial score (nSPS) is 10.0. The molecule has 0 spiro atoms. The van der Waals surface area contributed by atoms with E-state index in [0.717, 1.165) is 5.56 Å². The van der Waals surface area contributed by atoms with E-state index in [9.17, 15) is 0 Å². The summed E-state index contributed by atoms with van der Waals surface area (Å²) in [5.74, 6) is 0. The van der Waals surface area contributed by atoms with Gasteiger partial charge in [0.1, 0.15) is 0 Å². The molecule has 12 heavy (non-hydrogen) atoms. The van der Waals surface area contributed by atoms with Crippen LogP contribution in [0, 0.1) is 11.3 Å². The van der Waals surface area contributed by atoms with Crippen molar-refractivity contribution >= 4 is 6.08 Å². The molecule has 1 rings (SSSR count). The molecule has 2 nitrogen and oxygen atoms in total. The first-order chi connectivity index (χ1) is 5.86. The highest BCUT2D eigenvalue weighted by molar-refractivity contribution is 5.50. The second kappa shape index (κ2) is 4.32. The molecule has 0 amide bonds. The van der Waals surface area contributed by atoms with Crippen molar-refractivity contribution in [1.29, 1.82) is 5.26 Å². The summed E-state index contributed by atoms with van der Waals surface area (Å²) in [6.07, 6.45) is 3.46. The summed E-state index contributed by atoms with van der Waals surface area (Å²) in [5.41, 5.74) is 1.64. The first-order valence-corrected chi connectivity index (χ1v) is 3.64. The number of hydrogen-bond acceptors (Lipinski definition) is 2. The van der Waals surface area contributed by atoms with Crippen LogP contribution in [-0.2, 0) is 0 Å². The van der Waals surface area contributed by atoms with E-state index in [0.29, 0.717) is 5.56 Å². The van der Waals surface area contributed by atoms with Gasteiger partial charge in [0.25, 0.3) is 0 Å². The molecule has 0 heterocycles. The van der Waals surface area contributed by atoms with Crippen molar-refractivity contribution in [3.8, 4) is 6.07 Å². The van der Waals surface area contributed by atoms with E-state index in [2.05, 4.69) is 0 Å². The number of aliphatic hydroxyl groups excluding tert-OH is 1. The van der Waals surface area contributed by atoms with Crippen molar-refractivity contribution in [2.75, 3.05) is 6.61 Å². The van der Waals surface area contributed by atoms with Gasteiger partial charge in [-0.1, -0.05) is 24.3 Å². The minimum Gasteiger partial charge on any atom is -0.392 e. The number of rotatable bonds is 2. The highest BCUT2D eigenvalue weighted by atomic mass is 16.2. The monoisotopic (exact) mass is 159 g/mol. The van der Waals surface area contributed by atoms with Crippen LogP contribution < -0.4 is 0 Å². The quantitative estimate of drug-likeness (QED) is 0.711. The molecule has 1 N–H and O–H groups in total. The minimum absolute atomic E-state index is 0.0417. The van der Waals surface area contributed by atoms with Gasteiger partial charge in [0, 0.05) is 0 Å². The van der Waals surface area contributed by atoms with E-state index in [1.165, 1.54) is 0 Å². The Bertz CT molecular complexity index is 306. The number of hydrogen-bond donors (Lipinski definition) is 1. The molecule has 60 valence electrons. The molecule has 0 aliphatic heterocycles. The van der Waals surface area contributed by atoms with E-state index in [1.807, 2.05) is 18.2 Å². The SMILES string of the molecule is N#Cc1ccc(/C=C/CO)cc1. The Morgan fingerprint density at radius 2 is 2.00 bits per heavy atom. The minimum atomic E-state index is 0.0417. The molecule has 0 unspecified atom stereocenters. The summed E-state index contributed by atoms with van der Waals surface area (Å²) in [6, 6.07) is 9.21. The number of benzene rings is 1. The van der Waals surface area contributed by atoms with Gasteiger partial charge < -0.3 is 5.11 Å². The molecule has 1 aromatic rings. The Morgan fingerprint density at radius 3 is 2.50 bits per heavy atom. The van der Waals surface area contributed by atoms with Crippen LogP contribution in [-0.4, -0.2) is 11.7 Å². The molecular weight excluding hydrogens is 150 g/mol. The highest BCUT2D eigenvalue weighted by Crippen LogP contribution is 2.04. The molecule has 1 aromatic carbocycles. The Kier molecular flexibility index (Phi) is 3.06. The van der Waals surface area contributed by atoms with Crippen LogP contribution in [0.25, 0.3) is 6.08 Å². The lowest BCUT2D eigenvalue weighted by atomic mass is 10.1. The average Bonchev–Trinajstić information content (AvgIpc) is 2.15. The fourth-order valence-electron chi connectivity index (χ4n) is 0.858. The summed E-state index contributed by atoms with van der Waals surface area (Å²) < 4.78 is 0. The Labute approximate surface area is 71.4 Å². The lowest BCUT2D eigenvalue weighted by Gasteiger charge is -1.91. The molecule has 0 saturated heterocycles. The molecule has 2 heteroatoms. The smallest absolute Gasteiger partial charge is 0.0991 e. The molecule has 0 saturated carbocycles. The van der Waals surface area contributed by atoms with Gasteiger partial charge in [-0.15, -0.1) is 0 Å². The first kappa shape index (κ1) is 8.51. The second-order valence-electron chi connectivity index (χ2n) is 2.32. The van der Waals surface area contributed by atoms with Gasteiger partial charge in [0.2, 0.25) is 0 Å². The van der Waals surface area contributed by atoms with Crippen LogP contribution in [0.3, 0.4) is 0 Å². The molecule has 0 fully saturated rings. The van der Waals surface area contributed by atoms with Crippen molar-refractivity contribution in [2.24, 2.45) is 0 Å². The molecule has 0 radical (unpaired) electrons. The Hall–Kier alpha value is -1.59. The molecule has 0 aliphatic rings. The van der Waals surface area contributed by atoms with Crippen molar-refractivity contribution in [1.82, 2.24) is 0 Å². The lowest BCUT2D eigenvalue weighted by molar-refractivity contribution is 0.343. The van der Waals surface area contributed by atoms with Crippen LogP contribution in [0.4, 0.5) is 0 Å². The predicted octanol–water partition coefficient (Wildman–Crippen LogP) is 1.56. The highest BCUT2D eigenvalue weighted by Gasteiger charge is 1.87. The van der Waals surface area contributed by atoms with Gasteiger partial charge >= 0.3 is 0 Å². The van der Waals surface area contributed by atoms with Gasteiger partial charge in [0.05, 0.1) is 18.2 Å². The summed E-state index contributed by atoms with van der Waals surface area (Å²) in [6.45, 7) is 0.0417. The van der Waals surface area contributed by atoms with Gasteiger partial charge in [-0.2, -0.15) is 5.26 Å². The van der Waals surface area contributed by atoms with Crippen molar-refractivity contribution in [2.45, 2.75) is 0 Å². The maximum absolute atomic E-state index is 8.50. The van der Waals surface area contributed by atoms with E-state index in [-0.39, 0.29) is 6.61 Å². The second-order valence-corrected chi connectivity index (χ2v) is 2.32. The maximum atomic E-state index is 8.50. The topological polar surface area (TPSA) is 44.0 Å². The number of nitrogens with zero attached hydrogens (tertiary/aromatic N) is 1. The van der Waals surface area contributed by atoms with Gasteiger partial charge in [0.15, 0.2) is 0 Å². The van der Waals surface area contributed by atoms with Gasteiger partial charge in [-0.05, 0) is 17.7 Å². The summed E-state index contributed by atoms with van der Waals surface area (Å²) in [7, 11) is 0. The third-order valence-electron chi connectivity index (χ3n) is 1.46. The summed E-state index contributed by atoms with van der Waals surface area (Å²) in [5, 5.41) is 17.0. The van der Waals surface area contributed by atoms with E-state index >= 15 is 0 Å². The number of nitriles is 1. The Balaban J connectivity index is 2.80. The van der Waals surface area contributed by atoms with E-state index in [4.69, 9.17) is 10.4 Å². The third kappa shape index (κ3) is 2.22. The van der Waals surface area contributed by atoms with Crippen molar-refractivity contribution < 1.29 is 5.11 Å². The van der Waals surface area contributed by atoms with Gasteiger partial charge in [-0.3, -0.25) is 0 Å². The predicted molar refractivity (Wildman–Crippen MR) is 47.3 cm³/mol. The van der Waals surface area contributed by atoms with Crippen LogP contribution in [0.15, 0.2) is 30.3 Å². The molecule has 0 aromatic heterocycles. The van der Waals surface area contributed by atoms with Crippen LogP contribution in [0.1, 0.15) is 11.1 Å². The Morgan fingerprint density at radius 1 is 1.33 bits per heavy atom.